The largest absolute Gasteiger partial charge is 0.573 e. The third kappa shape index (κ3) is 6.10. The number of nitro groups is 1. The average Bonchev–Trinajstić information content (AvgIpc) is 3.21. The first-order valence-electron chi connectivity index (χ1n) is 9.84. The zero-order valence-electron chi connectivity index (χ0n) is 17.1. The molecule has 1 atom stereocenters. The van der Waals surface area contributed by atoms with Crippen LogP contribution in [0.4, 0.5) is 19.0 Å². The quantitative estimate of drug-likeness (QED) is 0.284. The van der Waals surface area contributed by atoms with Gasteiger partial charge in [0, 0.05) is 4.98 Å². The highest BCUT2D eigenvalue weighted by Gasteiger charge is 2.31. The molecule has 2 aromatic carbocycles. The normalized spacial score (nSPS) is 15.8. The fourth-order valence-corrected chi connectivity index (χ4v) is 3.17. The SMILES string of the molecule is O=[N+]([O-])c1cn2c(n1)OC[C@@H](OCc1ccc(C=Cc3ccc(OC(F)(F)F)cc3)cc1)C2. The molecule has 2 heterocycles. The van der Waals surface area contributed by atoms with E-state index in [1.165, 1.54) is 30.5 Å². The van der Waals surface area contributed by atoms with Crippen LogP contribution in [0.25, 0.3) is 12.2 Å². The Hall–Kier alpha value is -3.86. The van der Waals surface area contributed by atoms with Gasteiger partial charge in [-0.1, -0.05) is 48.6 Å². The Morgan fingerprint density at radius 2 is 1.76 bits per heavy atom. The summed E-state index contributed by atoms with van der Waals surface area (Å²) in [6.45, 7) is 0.996. The maximum Gasteiger partial charge on any atom is 0.573 e. The fourth-order valence-electron chi connectivity index (χ4n) is 3.17. The summed E-state index contributed by atoms with van der Waals surface area (Å²) in [7, 11) is 0. The molecule has 11 heteroatoms. The predicted octanol–water partition coefficient (Wildman–Crippen LogP) is 4.84. The van der Waals surface area contributed by atoms with Gasteiger partial charge in [0.1, 0.15) is 24.7 Å². The summed E-state index contributed by atoms with van der Waals surface area (Å²) in [5.74, 6) is -0.533. The van der Waals surface area contributed by atoms with Crippen molar-refractivity contribution in [1.29, 1.82) is 0 Å². The van der Waals surface area contributed by atoms with Crippen LogP contribution < -0.4 is 9.47 Å². The van der Waals surface area contributed by atoms with E-state index < -0.39 is 11.3 Å². The average molecular weight is 461 g/mol. The van der Waals surface area contributed by atoms with Crippen molar-refractivity contribution in [2.75, 3.05) is 6.61 Å². The second-order valence-corrected chi connectivity index (χ2v) is 7.23. The van der Waals surface area contributed by atoms with E-state index in [1.54, 1.807) is 10.6 Å². The van der Waals surface area contributed by atoms with Gasteiger partial charge in [-0.3, -0.25) is 4.57 Å². The lowest BCUT2D eigenvalue weighted by Crippen LogP contribution is -2.32. The molecule has 172 valence electrons. The van der Waals surface area contributed by atoms with Crippen molar-refractivity contribution in [3.05, 3.63) is 81.5 Å². The summed E-state index contributed by atoms with van der Waals surface area (Å²) in [5, 5.41) is 10.8. The minimum atomic E-state index is -4.71. The van der Waals surface area contributed by atoms with Crippen LogP contribution in [0.15, 0.2) is 54.7 Å². The van der Waals surface area contributed by atoms with E-state index in [9.17, 15) is 23.3 Å². The van der Waals surface area contributed by atoms with Crippen molar-refractivity contribution in [1.82, 2.24) is 9.55 Å². The lowest BCUT2D eigenvalue weighted by Gasteiger charge is -2.22. The molecule has 1 aromatic heterocycles. The summed E-state index contributed by atoms with van der Waals surface area (Å²) >= 11 is 0. The molecule has 4 rings (SSSR count). The highest BCUT2D eigenvalue weighted by atomic mass is 19.4. The first-order chi connectivity index (χ1) is 15.7. The standard InChI is InChI=1S/C22H18F3N3O5/c23-22(24,25)33-18-9-7-16(8-10-18)2-1-15-3-5-17(6-4-15)13-31-19-11-27-12-20(28(29)30)26-21(27)32-14-19/h1-10,12,19H,11,13-14H2/t19-/m0/s1. The van der Waals surface area contributed by atoms with Gasteiger partial charge in [-0.25, -0.2) is 0 Å². The summed E-state index contributed by atoms with van der Waals surface area (Å²) < 4.78 is 53.3. The number of ether oxygens (including phenoxy) is 3. The first-order valence-corrected chi connectivity index (χ1v) is 9.84. The molecular formula is C22H18F3N3O5. The Bertz CT molecular complexity index is 1140. The van der Waals surface area contributed by atoms with Crippen LogP contribution >= 0.6 is 0 Å². The zero-order chi connectivity index (χ0) is 23.4. The molecule has 0 aliphatic carbocycles. The van der Waals surface area contributed by atoms with E-state index in [2.05, 4.69) is 9.72 Å². The molecular weight excluding hydrogens is 443 g/mol. The smallest absolute Gasteiger partial charge is 0.443 e. The first kappa shape index (κ1) is 22.3. The number of halogens is 3. The number of nitrogens with zero attached hydrogens (tertiary/aromatic N) is 3. The number of hydrogen-bond donors (Lipinski definition) is 0. The molecule has 8 nitrogen and oxygen atoms in total. The molecule has 33 heavy (non-hydrogen) atoms. The van der Waals surface area contributed by atoms with Crippen molar-refractivity contribution in [3.63, 3.8) is 0 Å². The summed E-state index contributed by atoms with van der Waals surface area (Å²) in [5.41, 5.74) is 2.57. The molecule has 0 bridgehead atoms. The molecule has 0 saturated heterocycles. The number of alkyl halides is 3. The van der Waals surface area contributed by atoms with Crippen LogP contribution in [0.3, 0.4) is 0 Å². The van der Waals surface area contributed by atoms with Gasteiger partial charge in [-0.2, -0.15) is 0 Å². The van der Waals surface area contributed by atoms with Crippen LogP contribution in [0.1, 0.15) is 16.7 Å². The number of imidazole rings is 1. The van der Waals surface area contributed by atoms with Gasteiger partial charge in [-0.15, -0.1) is 13.2 Å². The third-order valence-electron chi connectivity index (χ3n) is 4.76. The molecule has 1 aliphatic rings. The van der Waals surface area contributed by atoms with E-state index in [0.717, 1.165) is 16.7 Å². The highest BCUT2D eigenvalue weighted by Crippen LogP contribution is 2.24. The maximum atomic E-state index is 12.2. The van der Waals surface area contributed by atoms with Crippen molar-refractivity contribution < 1.29 is 32.3 Å². The van der Waals surface area contributed by atoms with Crippen LogP contribution in [-0.2, 0) is 17.9 Å². The minimum absolute atomic E-state index is 0.209. The molecule has 1 aliphatic heterocycles. The Balaban J connectivity index is 1.28. The van der Waals surface area contributed by atoms with Crippen molar-refractivity contribution >= 4 is 18.0 Å². The maximum absolute atomic E-state index is 12.2. The van der Waals surface area contributed by atoms with Crippen molar-refractivity contribution in [3.8, 4) is 11.8 Å². The van der Waals surface area contributed by atoms with Gasteiger partial charge in [0.2, 0.25) is 0 Å². The lowest BCUT2D eigenvalue weighted by atomic mass is 10.1. The van der Waals surface area contributed by atoms with Gasteiger partial charge < -0.3 is 24.3 Å². The second-order valence-electron chi connectivity index (χ2n) is 7.23. The number of rotatable bonds is 7. The summed E-state index contributed by atoms with van der Waals surface area (Å²) in [4.78, 5) is 14.0. The van der Waals surface area contributed by atoms with E-state index in [4.69, 9.17) is 9.47 Å². The van der Waals surface area contributed by atoms with Gasteiger partial charge in [0.25, 0.3) is 0 Å². The molecule has 3 aromatic rings. The minimum Gasteiger partial charge on any atom is -0.443 e. The Morgan fingerprint density at radius 1 is 1.12 bits per heavy atom. The summed E-state index contributed by atoms with van der Waals surface area (Å²) in [6.07, 6.45) is -0.0365. The Kier molecular flexibility index (Phi) is 6.31. The van der Waals surface area contributed by atoms with Gasteiger partial charge in [-0.05, 0) is 33.7 Å². The molecule has 0 amide bonds. The Labute approximate surface area is 186 Å². The summed E-state index contributed by atoms with van der Waals surface area (Å²) in [6, 6.07) is 13.4. The predicted molar refractivity (Wildman–Crippen MR) is 111 cm³/mol. The third-order valence-corrected chi connectivity index (χ3v) is 4.76. The number of hydrogen-bond acceptors (Lipinski definition) is 6. The van der Waals surface area contributed by atoms with Crippen LogP contribution in [-0.4, -0.2) is 33.5 Å². The van der Waals surface area contributed by atoms with Crippen LogP contribution in [0.2, 0.25) is 0 Å². The number of aromatic nitrogens is 2. The van der Waals surface area contributed by atoms with Crippen LogP contribution in [0, 0.1) is 10.1 Å². The topological polar surface area (TPSA) is 88.7 Å². The lowest BCUT2D eigenvalue weighted by molar-refractivity contribution is -0.389. The van der Waals surface area contributed by atoms with E-state index in [-0.39, 0.29) is 30.3 Å². The van der Waals surface area contributed by atoms with E-state index in [1.807, 2.05) is 30.3 Å². The molecule has 0 saturated carbocycles. The molecule has 0 spiro atoms. The number of fused-ring (bicyclic) bond motifs is 1. The van der Waals surface area contributed by atoms with E-state index in [0.29, 0.717) is 13.2 Å². The molecule has 0 fully saturated rings. The van der Waals surface area contributed by atoms with Crippen LogP contribution in [0.5, 0.6) is 11.8 Å². The van der Waals surface area contributed by atoms with Gasteiger partial charge >= 0.3 is 18.2 Å². The second kappa shape index (κ2) is 9.33. The molecule has 0 unspecified atom stereocenters. The molecule has 0 radical (unpaired) electrons. The Morgan fingerprint density at radius 3 is 2.36 bits per heavy atom. The van der Waals surface area contributed by atoms with Crippen molar-refractivity contribution in [2.24, 2.45) is 0 Å². The monoisotopic (exact) mass is 461 g/mol. The van der Waals surface area contributed by atoms with Gasteiger partial charge in [0.15, 0.2) is 0 Å². The molecule has 0 N–H and O–H groups in total. The highest BCUT2D eigenvalue weighted by molar-refractivity contribution is 5.69. The van der Waals surface area contributed by atoms with Gasteiger partial charge in [0.05, 0.1) is 13.2 Å². The van der Waals surface area contributed by atoms with Crippen molar-refractivity contribution in [2.45, 2.75) is 25.6 Å². The number of benzene rings is 2. The fraction of sp³-hybridized carbons (Fsp3) is 0.227. The zero-order valence-corrected chi connectivity index (χ0v) is 17.1. The van der Waals surface area contributed by atoms with E-state index >= 15 is 0 Å².